The fourth-order valence-corrected chi connectivity index (χ4v) is 2.84. The van der Waals surface area contributed by atoms with E-state index in [9.17, 15) is 23.2 Å². The summed E-state index contributed by atoms with van der Waals surface area (Å²) in [7, 11) is 0. The van der Waals surface area contributed by atoms with E-state index >= 15 is 0 Å². The number of H-pyrrole nitrogens is 1. The predicted octanol–water partition coefficient (Wildman–Crippen LogP) is 2.03. The monoisotopic (exact) mass is 404 g/mol. The second-order valence-corrected chi connectivity index (χ2v) is 6.21. The van der Waals surface area contributed by atoms with E-state index in [2.05, 4.69) is 20.0 Å². The number of fused-ring (bicyclic) bond motifs is 1. The zero-order valence-corrected chi connectivity index (χ0v) is 15.4. The van der Waals surface area contributed by atoms with Crippen LogP contribution < -0.4 is 21.3 Å². The number of nitrogens with zero attached hydrogens (tertiary/aromatic N) is 2. The van der Waals surface area contributed by atoms with E-state index in [1.807, 2.05) is 6.92 Å². The van der Waals surface area contributed by atoms with Gasteiger partial charge >= 0.3 is 12.3 Å². The molecule has 0 aliphatic carbocycles. The summed E-state index contributed by atoms with van der Waals surface area (Å²) in [6.45, 7) is -0.622. The van der Waals surface area contributed by atoms with E-state index in [-0.39, 0.29) is 28.9 Å². The first-order valence-corrected chi connectivity index (χ1v) is 8.84. The van der Waals surface area contributed by atoms with Crippen LogP contribution in [0.5, 0.6) is 5.75 Å². The molecule has 0 aliphatic rings. The fraction of sp³-hybridized carbons (Fsp3) is 0.263. The molecule has 0 saturated heterocycles. The molecular weight excluding hydrogens is 386 g/mol. The first-order chi connectivity index (χ1) is 13.9. The molecule has 0 bridgehead atoms. The standard InChI is InChI=1S/C19H18F2N4O4/c1-2-6-25-15-14(17(27)24-19(25)28)8-12(10-22-15)16(26)23-9-11-4-3-5-13(7-11)29-18(20)21/h3-5,7-8,10,18H,2,6,9H2,1H3,(H,23,26)(H,24,27,28). The molecule has 10 heteroatoms. The lowest BCUT2D eigenvalue weighted by Crippen LogP contribution is -2.31. The van der Waals surface area contributed by atoms with Crippen LogP contribution in [-0.4, -0.2) is 27.1 Å². The number of amides is 1. The molecule has 3 aromatic rings. The van der Waals surface area contributed by atoms with Gasteiger partial charge in [-0.1, -0.05) is 19.1 Å². The minimum atomic E-state index is -2.94. The number of hydrogen-bond acceptors (Lipinski definition) is 5. The summed E-state index contributed by atoms with van der Waals surface area (Å²) >= 11 is 0. The molecule has 0 radical (unpaired) electrons. The highest BCUT2D eigenvalue weighted by Gasteiger charge is 2.13. The van der Waals surface area contributed by atoms with E-state index in [0.29, 0.717) is 18.5 Å². The SMILES string of the molecule is CCCn1c(=O)[nH]c(=O)c2cc(C(=O)NCc3cccc(OC(F)F)c3)cnc21. The Labute approximate surface area is 163 Å². The van der Waals surface area contributed by atoms with Gasteiger partial charge in [-0.05, 0) is 30.2 Å². The number of benzene rings is 1. The number of carbonyl (C=O) groups excluding carboxylic acids is 1. The molecule has 29 heavy (non-hydrogen) atoms. The molecule has 1 amide bonds. The fourth-order valence-electron chi connectivity index (χ4n) is 2.84. The Morgan fingerprint density at radius 1 is 1.31 bits per heavy atom. The number of hydrogen-bond donors (Lipinski definition) is 2. The Hall–Kier alpha value is -3.56. The van der Waals surface area contributed by atoms with Crippen LogP contribution in [0.4, 0.5) is 8.78 Å². The second-order valence-electron chi connectivity index (χ2n) is 6.21. The summed E-state index contributed by atoms with van der Waals surface area (Å²) in [5, 5.41) is 2.75. The normalized spacial score (nSPS) is 11.0. The molecule has 3 rings (SSSR count). The topological polar surface area (TPSA) is 106 Å². The van der Waals surface area contributed by atoms with Gasteiger partial charge in [0.2, 0.25) is 0 Å². The van der Waals surface area contributed by atoms with Crippen LogP contribution in [0.25, 0.3) is 11.0 Å². The van der Waals surface area contributed by atoms with Crippen molar-refractivity contribution in [3.63, 3.8) is 0 Å². The van der Waals surface area contributed by atoms with E-state index in [1.165, 1.54) is 35.0 Å². The summed E-state index contributed by atoms with van der Waals surface area (Å²) < 4.78 is 30.3. The van der Waals surface area contributed by atoms with E-state index in [0.717, 1.165) is 0 Å². The molecule has 0 aliphatic heterocycles. The highest BCUT2D eigenvalue weighted by molar-refractivity contribution is 5.96. The highest BCUT2D eigenvalue weighted by atomic mass is 19.3. The van der Waals surface area contributed by atoms with Crippen molar-refractivity contribution in [1.29, 1.82) is 0 Å². The molecule has 0 fully saturated rings. The lowest BCUT2D eigenvalue weighted by atomic mass is 10.2. The number of pyridine rings is 1. The molecule has 0 unspecified atom stereocenters. The van der Waals surface area contributed by atoms with Gasteiger partial charge in [-0.15, -0.1) is 0 Å². The summed E-state index contributed by atoms with van der Waals surface area (Å²) in [6.07, 6.45) is 1.94. The zero-order chi connectivity index (χ0) is 21.0. The third-order valence-corrected chi connectivity index (χ3v) is 4.12. The maximum atomic E-state index is 12.4. The van der Waals surface area contributed by atoms with Crippen molar-refractivity contribution < 1.29 is 18.3 Å². The smallest absolute Gasteiger partial charge is 0.387 e. The number of alkyl halides is 2. The average Bonchev–Trinajstić information content (AvgIpc) is 2.69. The molecule has 0 saturated carbocycles. The van der Waals surface area contributed by atoms with Crippen LogP contribution >= 0.6 is 0 Å². The maximum Gasteiger partial charge on any atom is 0.387 e. The molecule has 0 spiro atoms. The van der Waals surface area contributed by atoms with Crippen molar-refractivity contribution in [2.75, 3.05) is 0 Å². The first-order valence-electron chi connectivity index (χ1n) is 8.84. The number of carbonyl (C=O) groups is 1. The quantitative estimate of drug-likeness (QED) is 0.627. The number of aryl methyl sites for hydroxylation is 1. The van der Waals surface area contributed by atoms with Gasteiger partial charge in [-0.3, -0.25) is 19.1 Å². The number of ether oxygens (including phenoxy) is 1. The minimum Gasteiger partial charge on any atom is -0.435 e. The molecule has 2 aromatic heterocycles. The third-order valence-electron chi connectivity index (χ3n) is 4.12. The maximum absolute atomic E-state index is 12.4. The molecule has 8 nitrogen and oxygen atoms in total. The zero-order valence-electron chi connectivity index (χ0n) is 15.4. The second kappa shape index (κ2) is 8.63. The van der Waals surface area contributed by atoms with Crippen molar-refractivity contribution in [2.24, 2.45) is 0 Å². The highest BCUT2D eigenvalue weighted by Crippen LogP contribution is 2.16. The van der Waals surface area contributed by atoms with Crippen molar-refractivity contribution in [3.8, 4) is 5.75 Å². The first kappa shape index (κ1) is 20.2. The van der Waals surface area contributed by atoms with Crippen molar-refractivity contribution in [3.05, 3.63) is 68.5 Å². The molecule has 2 N–H and O–H groups in total. The van der Waals surface area contributed by atoms with Gasteiger partial charge < -0.3 is 10.1 Å². The van der Waals surface area contributed by atoms with Crippen LogP contribution in [0.1, 0.15) is 29.3 Å². The van der Waals surface area contributed by atoms with Crippen molar-refractivity contribution in [1.82, 2.24) is 19.9 Å². The van der Waals surface area contributed by atoms with Gasteiger partial charge in [0.05, 0.1) is 10.9 Å². The number of rotatable bonds is 7. The largest absolute Gasteiger partial charge is 0.435 e. The summed E-state index contributed by atoms with van der Waals surface area (Å²) in [5.74, 6) is -0.522. The van der Waals surface area contributed by atoms with Gasteiger partial charge in [0.1, 0.15) is 11.4 Å². The van der Waals surface area contributed by atoms with Crippen molar-refractivity contribution in [2.45, 2.75) is 33.0 Å². The Kier molecular flexibility index (Phi) is 6.01. The number of halogens is 2. The van der Waals surface area contributed by atoms with Crippen LogP contribution in [0.3, 0.4) is 0 Å². The van der Waals surface area contributed by atoms with E-state index < -0.39 is 23.8 Å². The van der Waals surface area contributed by atoms with E-state index in [1.54, 1.807) is 6.07 Å². The lowest BCUT2D eigenvalue weighted by Gasteiger charge is -2.10. The van der Waals surface area contributed by atoms with Gasteiger partial charge in [-0.25, -0.2) is 9.78 Å². The summed E-state index contributed by atoms with van der Waals surface area (Å²) in [5.41, 5.74) is -0.296. The third kappa shape index (κ3) is 4.65. The molecule has 152 valence electrons. The molecular formula is C19H18F2N4O4. The lowest BCUT2D eigenvalue weighted by molar-refractivity contribution is -0.0498. The van der Waals surface area contributed by atoms with Crippen LogP contribution in [-0.2, 0) is 13.1 Å². The van der Waals surface area contributed by atoms with Gasteiger partial charge in [-0.2, -0.15) is 8.78 Å². The summed E-state index contributed by atoms with van der Waals surface area (Å²) in [4.78, 5) is 42.8. The number of aromatic nitrogens is 3. The molecule has 1 aromatic carbocycles. The molecule has 2 heterocycles. The minimum absolute atomic E-state index is 0.0143. The Balaban J connectivity index is 1.81. The summed E-state index contributed by atoms with van der Waals surface area (Å²) in [6, 6.07) is 7.30. The van der Waals surface area contributed by atoms with Crippen LogP contribution in [0.15, 0.2) is 46.1 Å². The van der Waals surface area contributed by atoms with Gasteiger partial charge in [0.15, 0.2) is 0 Å². The van der Waals surface area contributed by atoms with Crippen molar-refractivity contribution >= 4 is 16.9 Å². The predicted molar refractivity (Wildman–Crippen MR) is 101 cm³/mol. The van der Waals surface area contributed by atoms with Crippen LogP contribution in [0.2, 0.25) is 0 Å². The van der Waals surface area contributed by atoms with E-state index in [4.69, 9.17) is 0 Å². The van der Waals surface area contributed by atoms with Gasteiger partial charge in [0.25, 0.3) is 11.5 Å². The Bertz CT molecular complexity index is 1160. The number of nitrogens with one attached hydrogen (secondary N) is 2. The average molecular weight is 404 g/mol. The number of aromatic amines is 1. The Morgan fingerprint density at radius 3 is 2.83 bits per heavy atom. The van der Waals surface area contributed by atoms with Gasteiger partial charge in [0, 0.05) is 19.3 Å². The molecule has 0 atom stereocenters. The van der Waals surface area contributed by atoms with Crippen LogP contribution in [0, 0.1) is 0 Å². The Morgan fingerprint density at radius 2 is 2.10 bits per heavy atom.